The van der Waals surface area contributed by atoms with E-state index in [2.05, 4.69) is 17.1 Å². The lowest BCUT2D eigenvalue weighted by atomic mass is 10.1. The molecule has 0 N–H and O–H groups in total. The fraction of sp³-hybridized carbons (Fsp3) is 0.231. The third-order valence-corrected chi connectivity index (χ3v) is 6.14. The van der Waals surface area contributed by atoms with E-state index < -0.39 is 23.8 Å². The number of fused-ring (bicyclic) bond motifs is 3. The Bertz CT molecular complexity index is 1640. The first-order valence-corrected chi connectivity index (χ1v) is 11.3. The molecule has 0 amide bonds. The summed E-state index contributed by atoms with van der Waals surface area (Å²) in [6, 6.07) is 19.3. The minimum atomic E-state index is -0.662. The summed E-state index contributed by atoms with van der Waals surface area (Å²) in [4.78, 5) is 43.4. The third-order valence-electron chi connectivity index (χ3n) is 6.14. The number of nitrogens with zero attached hydrogens (tertiary/aromatic N) is 5. The molecule has 0 atom stereocenters. The molecule has 0 spiro atoms. The summed E-state index contributed by atoms with van der Waals surface area (Å²) in [5.41, 5.74) is 2.28. The summed E-state index contributed by atoms with van der Waals surface area (Å²) in [5, 5.41) is 0. The van der Waals surface area contributed by atoms with Crippen molar-refractivity contribution in [3.63, 3.8) is 0 Å². The average Bonchev–Trinajstić information content (AvgIpc) is 3.39. The number of aryl methyl sites for hydroxylation is 4. The zero-order chi connectivity index (χ0) is 24.5. The second kappa shape index (κ2) is 9.09. The molecule has 0 saturated heterocycles. The van der Waals surface area contributed by atoms with E-state index >= 15 is 0 Å². The lowest BCUT2D eigenvalue weighted by Crippen LogP contribution is -2.41. The summed E-state index contributed by atoms with van der Waals surface area (Å²) >= 11 is 0. The second-order valence-corrected chi connectivity index (χ2v) is 8.49. The number of benzene rings is 2. The van der Waals surface area contributed by atoms with Crippen LogP contribution in [0, 0.1) is 6.92 Å². The SMILES string of the molecule is Cc1cn2c3c(=O)n(CC(=O)OCc4ccccc4)c(=O)n(C)c3nc2n1CCc1ccccc1. The number of hydrogen-bond donors (Lipinski definition) is 0. The Kier molecular flexibility index (Phi) is 5.82. The summed E-state index contributed by atoms with van der Waals surface area (Å²) in [5.74, 6) is -0.0882. The maximum Gasteiger partial charge on any atom is 0.333 e. The number of carbonyl (C=O) groups is 1. The van der Waals surface area contributed by atoms with Crippen LogP contribution in [0.4, 0.5) is 0 Å². The van der Waals surface area contributed by atoms with Crippen LogP contribution in [0.25, 0.3) is 16.9 Å². The van der Waals surface area contributed by atoms with Gasteiger partial charge in [-0.25, -0.2) is 9.36 Å². The molecule has 0 aliphatic carbocycles. The van der Waals surface area contributed by atoms with Crippen molar-refractivity contribution >= 4 is 22.9 Å². The van der Waals surface area contributed by atoms with Gasteiger partial charge in [0.1, 0.15) is 13.2 Å². The van der Waals surface area contributed by atoms with Crippen molar-refractivity contribution in [1.82, 2.24) is 23.1 Å². The molecule has 0 radical (unpaired) electrons. The second-order valence-electron chi connectivity index (χ2n) is 8.49. The van der Waals surface area contributed by atoms with E-state index in [1.165, 1.54) is 10.1 Å². The van der Waals surface area contributed by atoms with E-state index in [0.717, 1.165) is 22.2 Å². The summed E-state index contributed by atoms with van der Waals surface area (Å²) < 4.78 is 11.2. The monoisotopic (exact) mass is 471 g/mol. The van der Waals surface area contributed by atoms with Crippen LogP contribution >= 0.6 is 0 Å². The molecule has 0 aliphatic heterocycles. The van der Waals surface area contributed by atoms with Crippen LogP contribution in [-0.2, 0) is 42.7 Å². The molecule has 0 saturated carbocycles. The highest BCUT2D eigenvalue weighted by Crippen LogP contribution is 2.17. The number of carbonyl (C=O) groups excluding carboxylic acids is 1. The first kappa shape index (κ1) is 22.4. The molecule has 3 aromatic heterocycles. The Morgan fingerprint density at radius 1 is 0.943 bits per heavy atom. The molecule has 5 aromatic rings. The topological polar surface area (TPSA) is 92.5 Å². The number of ether oxygens (including phenoxy) is 1. The highest BCUT2D eigenvalue weighted by atomic mass is 16.5. The van der Waals surface area contributed by atoms with Gasteiger partial charge < -0.3 is 9.30 Å². The number of aromatic nitrogens is 5. The van der Waals surface area contributed by atoms with Crippen LogP contribution in [0.5, 0.6) is 0 Å². The van der Waals surface area contributed by atoms with Gasteiger partial charge in [-0.15, -0.1) is 0 Å². The first-order valence-electron chi connectivity index (χ1n) is 11.3. The maximum absolute atomic E-state index is 13.4. The highest BCUT2D eigenvalue weighted by molar-refractivity contribution is 5.76. The van der Waals surface area contributed by atoms with Crippen LogP contribution in [0.15, 0.2) is 76.4 Å². The van der Waals surface area contributed by atoms with Gasteiger partial charge >= 0.3 is 11.7 Å². The molecule has 178 valence electrons. The van der Waals surface area contributed by atoms with Gasteiger partial charge in [-0.2, -0.15) is 4.98 Å². The van der Waals surface area contributed by atoms with Crippen molar-refractivity contribution in [3.8, 4) is 0 Å². The largest absolute Gasteiger partial charge is 0.459 e. The summed E-state index contributed by atoms with van der Waals surface area (Å²) in [6.07, 6.45) is 2.63. The highest BCUT2D eigenvalue weighted by Gasteiger charge is 2.21. The lowest BCUT2D eigenvalue weighted by molar-refractivity contribution is -0.145. The van der Waals surface area contributed by atoms with Gasteiger partial charge in [0, 0.05) is 25.5 Å². The molecule has 5 rings (SSSR count). The van der Waals surface area contributed by atoms with Crippen molar-refractivity contribution in [1.29, 1.82) is 0 Å². The zero-order valence-corrected chi connectivity index (χ0v) is 19.5. The van der Waals surface area contributed by atoms with Crippen molar-refractivity contribution in [3.05, 3.63) is 105 Å². The van der Waals surface area contributed by atoms with Crippen molar-refractivity contribution in [2.75, 3.05) is 0 Å². The fourth-order valence-corrected chi connectivity index (χ4v) is 4.27. The Balaban J connectivity index is 1.48. The summed E-state index contributed by atoms with van der Waals surface area (Å²) in [6.45, 7) is 2.21. The predicted octanol–water partition coefficient (Wildman–Crippen LogP) is 2.44. The maximum atomic E-state index is 13.4. The van der Waals surface area contributed by atoms with Gasteiger partial charge in [0.05, 0.1) is 0 Å². The standard InChI is InChI=1S/C26H25N5O4/c1-18-15-30-22-23(27-25(30)29(18)14-13-19-9-5-3-6-10-19)28(2)26(34)31(24(22)33)16-21(32)35-17-20-11-7-4-8-12-20/h3-12,15H,13-14,16-17H2,1-2H3. The number of esters is 1. The van der Waals surface area contributed by atoms with Gasteiger partial charge in [-0.05, 0) is 24.5 Å². The van der Waals surface area contributed by atoms with Gasteiger partial charge in [0.15, 0.2) is 11.2 Å². The molecular weight excluding hydrogens is 446 g/mol. The summed E-state index contributed by atoms with van der Waals surface area (Å²) in [7, 11) is 1.55. The Labute approximate surface area is 200 Å². The zero-order valence-electron chi connectivity index (χ0n) is 19.5. The smallest absolute Gasteiger partial charge is 0.333 e. The number of hydrogen-bond acceptors (Lipinski definition) is 5. The molecule has 2 aromatic carbocycles. The molecule has 35 heavy (non-hydrogen) atoms. The third kappa shape index (κ3) is 4.16. The van der Waals surface area contributed by atoms with E-state index in [1.54, 1.807) is 11.4 Å². The predicted molar refractivity (Wildman–Crippen MR) is 131 cm³/mol. The lowest BCUT2D eigenvalue weighted by Gasteiger charge is -2.08. The molecule has 0 unspecified atom stereocenters. The molecule has 0 bridgehead atoms. The van der Waals surface area contributed by atoms with Crippen LogP contribution in [-0.4, -0.2) is 29.1 Å². The van der Waals surface area contributed by atoms with E-state index in [-0.39, 0.29) is 17.8 Å². The van der Waals surface area contributed by atoms with Gasteiger partial charge in [-0.3, -0.25) is 18.6 Å². The molecule has 9 heteroatoms. The van der Waals surface area contributed by atoms with Crippen molar-refractivity contribution < 1.29 is 9.53 Å². The Morgan fingerprint density at radius 2 is 1.60 bits per heavy atom. The molecule has 0 fully saturated rings. The Morgan fingerprint density at radius 3 is 2.29 bits per heavy atom. The minimum absolute atomic E-state index is 0.0668. The Hall–Kier alpha value is -4.40. The van der Waals surface area contributed by atoms with E-state index in [4.69, 9.17) is 4.74 Å². The normalized spacial score (nSPS) is 11.4. The van der Waals surface area contributed by atoms with E-state index in [9.17, 15) is 14.4 Å². The van der Waals surface area contributed by atoms with Crippen LogP contribution in [0.3, 0.4) is 0 Å². The molecule has 0 aliphatic rings. The van der Waals surface area contributed by atoms with Gasteiger partial charge in [0.2, 0.25) is 5.78 Å². The minimum Gasteiger partial charge on any atom is -0.459 e. The van der Waals surface area contributed by atoms with E-state index in [0.29, 0.717) is 12.3 Å². The van der Waals surface area contributed by atoms with Crippen molar-refractivity contribution in [2.24, 2.45) is 7.05 Å². The van der Waals surface area contributed by atoms with E-state index in [1.807, 2.05) is 66.2 Å². The molecular formula is C26H25N5O4. The fourth-order valence-electron chi connectivity index (χ4n) is 4.27. The van der Waals surface area contributed by atoms with Crippen LogP contribution in [0.1, 0.15) is 16.8 Å². The van der Waals surface area contributed by atoms with Gasteiger partial charge in [0.25, 0.3) is 5.56 Å². The molecule has 3 heterocycles. The van der Waals surface area contributed by atoms with Gasteiger partial charge in [-0.1, -0.05) is 60.7 Å². The van der Waals surface area contributed by atoms with Crippen LogP contribution in [0.2, 0.25) is 0 Å². The molecule has 9 nitrogen and oxygen atoms in total. The van der Waals surface area contributed by atoms with Crippen molar-refractivity contribution in [2.45, 2.75) is 33.0 Å². The number of imidazole rings is 2. The quantitative estimate of drug-likeness (QED) is 0.340. The van der Waals surface area contributed by atoms with Crippen LogP contribution < -0.4 is 11.2 Å². The number of rotatable bonds is 7. The average molecular weight is 472 g/mol. The first-order chi connectivity index (χ1) is 16.9.